The van der Waals surface area contributed by atoms with E-state index in [4.69, 9.17) is 4.74 Å². The molecule has 2 N–H and O–H groups in total. The average molecular weight is 299 g/mol. The molecule has 0 aromatic heterocycles. The van der Waals surface area contributed by atoms with Gasteiger partial charge in [-0.2, -0.15) is 0 Å². The zero-order chi connectivity index (χ0) is 13.5. The maximum Gasteiger partial charge on any atom is 0.251 e. The van der Waals surface area contributed by atoms with Gasteiger partial charge in [0, 0.05) is 25.8 Å². The number of nitrogens with one attached hydrogen (secondary N) is 2. The average Bonchev–Trinajstić information content (AvgIpc) is 2.48. The summed E-state index contributed by atoms with van der Waals surface area (Å²) in [6.45, 7) is 3.25. The highest BCUT2D eigenvalue weighted by Crippen LogP contribution is 2.23. The molecule has 1 saturated heterocycles. The molecule has 0 radical (unpaired) electrons. The Morgan fingerprint density at radius 2 is 2.15 bits per heavy atom. The number of halogens is 1. The molecule has 1 aromatic carbocycles. The quantitative estimate of drug-likeness (QED) is 0.817. The van der Waals surface area contributed by atoms with E-state index >= 15 is 0 Å². The first-order chi connectivity index (χ1) is 9.31. The Morgan fingerprint density at radius 1 is 1.40 bits per heavy atom. The molecule has 20 heavy (non-hydrogen) atoms. The highest BCUT2D eigenvalue weighted by Gasteiger charge is 2.15. The fourth-order valence-corrected chi connectivity index (χ4v) is 2.41. The lowest BCUT2D eigenvalue weighted by molar-refractivity contribution is 0.0937. The number of amides is 1. The fourth-order valence-electron chi connectivity index (χ4n) is 2.41. The summed E-state index contributed by atoms with van der Waals surface area (Å²) in [5, 5.41) is 6.23. The van der Waals surface area contributed by atoms with Crippen LogP contribution in [0, 0.1) is 0 Å². The van der Waals surface area contributed by atoms with Crippen LogP contribution in [0.4, 0.5) is 0 Å². The molecule has 0 aliphatic carbocycles. The van der Waals surface area contributed by atoms with E-state index in [9.17, 15) is 4.79 Å². The van der Waals surface area contributed by atoms with E-state index in [0.717, 1.165) is 13.1 Å². The van der Waals surface area contributed by atoms with Crippen molar-refractivity contribution >= 4 is 18.3 Å². The van der Waals surface area contributed by atoms with Gasteiger partial charge < -0.3 is 15.4 Å². The summed E-state index contributed by atoms with van der Waals surface area (Å²) in [4.78, 5) is 11.8. The third-order valence-corrected chi connectivity index (χ3v) is 3.53. The Balaban J connectivity index is 0.00000200. The second-order valence-electron chi connectivity index (χ2n) is 4.91. The maximum absolute atomic E-state index is 11.8. The molecular weight excluding hydrogens is 276 g/mol. The van der Waals surface area contributed by atoms with Crippen molar-refractivity contribution in [1.82, 2.24) is 10.6 Å². The predicted octanol–water partition coefficient (Wildman–Crippen LogP) is 1.95. The molecule has 1 aromatic rings. The fraction of sp³-hybridized carbons (Fsp3) is 0.533. The number of benzene rings is 1. The Bertz CT molecular complexity index is 403. The van der Waals surface area contributed by atoms with Gasteiger partial charge in [-0.05, 0) is 43.0 Å². The van der Waals surface area contributed by atoms with Crippen molar-refractivity contribution in [3.05, 3.63) is 35.4 Å². The summed E-state index contributed by atoms with van der Waals surface area (Å²) in [7, 11) is 1.62. The molecule has 112 valence electrons. The molecule has 0 bridgehead atoms. The first-order valence-corrected chi connectivity index (χ1v) is 6.89. The van der Waals surface area contributed by atoms with E-state index in [-0.39, 0.29) is 18.3 Å². The largest absolute Gasteiger partial charge is 0.383 e. The second kappa shape index (κ2) is 8.95. The van der Waals surface area contributed by atoms with E-state index in [2.05, 4.69) is 22.8 Å². The number of carbonyl (C=O) groups is 1. The van der Waals surface area contributed by atoms with E-state index in [1.807, 2.05) is 12.1 Å². The minimum Gasteiger partial charge on any atom is -0.383 e. The van der Waals surface area contributed by atoms with Crippen LogP contribution < -0.4 is 10.6 Å². The van der Waals surface area contributed by atoms with Gasteiger partial charge in [-0.15, -0.1) is 12.4 Å². The van der Waals surface area contributed by atoms with Crippen molar-refractivity contribution in [1.29, 1.82) is 0 Å². The molecule has 1 atom stereocenters. The van der Waals surface area contributed by atoms with Crippen molar-refractivity contribution in [2.24, 2.45) is 0 Å². The zero-order valence-corrected chi connectivity index (χ0v) is 12.7. The lowest BCUT2D eigenvalue weighted by atomic mass is 9.91. The predicted molar refractivity (Wildman–Crippen MR) is 82.7 cm³/mol. The van der Waals surface area contributed by atoms with Crippen LogP contribution in [0.25, 0.3) is 0 Å². The van der Waals surface area contributed by atoms with Crippen LogP contribution in [-0.4, -0.2) is 39.3 Å². The summed E-state index contributed by atoms with van der Waals surface area (Å²) in [6.07, 6.45) is 2.45. The highest BCUT2D eigenvalue weighted by atomic mass is 35.5. The summed E-state index contributed by atoms with van der Waals surface area (Å²) in [5.41, 5.74) is 2.03. The Kier molecular flexibility index (Phi) is 7.59. The molecule has 2 rings (SSSR count). The second-order valence-corrected chi connectivity index (χ2v) is 4.91. The SMILES string of the molecule is COCCNC(=O)c1ccc(C2CCCNC2)cc1.Cl. The van der Waals surface area contributed by atoms with Gasteiger partial charge in [-0.25, -0.2) is 0 Å². The van der Waals surface area contributed by atoms with E-state index < -0.39 is 0 Å². The molecule has 0 saturated carbocycles. The van der Waals surface area contributed by atoms with E-state index in [0.29, 0.717) is 24.6 Å². The number of carbonyl (C=O) groups excluding carboxylic acids is 1. The third-order valence-electron chi connectivity index (χ3n) is 3.53. The molecule has 1 aliphatic rings. The highest BCUT2D eigenvalue weighted by molar-refractivity contribution is 5.94. The van der Waals surface area contributed by atoms with Gasteiger partial charge in [-0.1, -0.05) is 12.1 Å². The Labute approximate surface area is 126 Å². The van der Waals surface area contributed by atoms with Crippen molar-refractivity contribution in [3.63, 3.8) is 0 Å². The smallest absolute Gasteiger partial charge is 0.251 e. The monoisotopic (exact) mass is 298 g/mol. The molecular formula is C15H23ClN2O2. The van der Waals surface area contributed by atoms with Crippen molar-refractivity contribution in [3.8, 4) is 0 Å². The van der Waals surface area contributed by atoms with Crippen molar-refractivity contribution in [2.75, 3.05) is 33.4 Å². The Hall–Kier alpha value is -1.10. The number of rotatable bonds is 5. The zero-order valence-electron chi connectivity index (χ0n) is 11.9. The van der Waals surface area contributed by atoms with Crippen molar-refractivity contribution in [2.45, 2.75) is 18.8 Å². The summed E-state index contributed by atoms with van der Waals surface area (Å²) < 4.78 is 4.90. The number of hydrogen-bond acceptors (Lipinski definition) is 3. The summed E-state index contributed by atoms with van der Waals surface area (Å²) in [5.74, 6) is 0.546. The maximum atomic E-state index is 11.8. The van der Waals surface area contributed by atoms with Crippen LogP contribution in [0.2, 0.25) is 0 Å². The van der Waals surface area contributed by atoms with E-state index in [1.54, 1.807) is 7.11 Å². The van der Waals surface area contributed by atoms with Crippen LogP contribution in [0.5, 0.6) is 0 Å². The standard InChI is InChI=1S/C15H22N2O2.ClH/c1-19-10-9-17-15(18)13-6-4-12(5-7-13)14-3-2-8-16-11-14;/h4-7,14,16H,2-3,8-11H2,1H3,(H,17,18);1H. The van der Waals surface area contributed by atoms with Gasteiger partial charge in [0.2, 0.25) is 0 Å². The third kappa shape index (κ3) is 4.78. The first-order valence-electron chi connectivity index (χ1n) is 6.89. The summed E-state index contributed by atoms with van der Waals surface area (Å²) in [6, 6.07) is 7.96. The molecule has 4 nitrogen and oxygen atoms in total. The van der Waals surface area contributed by atoms with Gasteiger partial charge in [0.25, 0.3) is 5.91 Å². The number of piperidine rings is 1. The van der Waals surface area contributed by atoms with Crippen LogP contribution in [0.1, 0.15) is 34.7 Å². The first kappa shape index (κ1) is 17.0. The molecule has 0 spiro atoms. The molecule has 1 amide bonds. The van der Waals surface area contributed by atoms with Gasteiger partial charge in [0.1, 0.15) is 0 Å². The lowest BCUT2D eigenvalue weighted by Crippen LogP contribution is -2.28. The number of ether oxygens (including phenoxy) is 1. The molecule has 1 aliphatic heterocycles. The molecule has 1 fully saturated rings. The molecule has 1 unspecified atom stereocenters. The van der Waals surface area contributed by atoms with Crippen molar-refractivity contribution < 1.29 is 9.53 Å². The lowest BCUT2D eigenvalue weighted by Gasteiger charge is -2.23. The number of methoxy groups -OCH3 is 1. The molecule has 1 heterocycles. The normalized spacial score (nSPS) is 18.1. The van der Waals surface area contributed by atoms with Crippen LogP contribution >= 0.6 is 12.4 Å². The number of hydrogen-bond donors (Lipinski definition) is 2. The summed E-state index contributed by atoms with van der Waals surface area (Å²) >= 11 is 0. The Morgan fingerprint density at radius 3 is 2.75 bits per heavy atom. The van der Waals surface area contributed by atoms with Gasteiger partial charge in [0.15, 0.2) is 0 Å². The van der Waals surface area contributed by atoms with Crippen LogP contribution in [0.15, 0.2) is 24.3 Å². The van der Waals surface area contributed by atoms with Gasteiger partial charge >= 0.3 is 0 Å². The van der Waals surface area contributed by atoms with Gasteiger partial charge in [-0.3, -0.25) is 4.79 Å². The van der Waals surface area contributed by atoms with Crippen LogP contribution in [-0.2, 0) is 4.74 Å². The molecule has 5 heteroatoms. The van der Waals surface area contributed by atoms with E-state index in [1.165, 1.54) is 18.4 Å². The van der Waals surface area contributed by atoms with Crippen LogP contribution in [0.3, 0.4) is 0 Å². The minimum absolute atomic E-state index is 0. The topological polar surface area (TPSA) is 50.4 Å². The minimum atomic E-state index is -0.0367. The van der Waals surface area contributed by atoms with Gasteiger partial charge in [0.05, 0.1) is 6.61 Å².